The molecule has 2 nitrogen and oxygen atoms in total. The highest BCUT2D eigenvalue weighted by molar-refractivity contribution is 6.30. The Morgan fingerprint density at radius 2 is 1.85 bits per heavy atom. The lowest BCUT2D eigenvalue weighted by atomic mass is 9.88. The van der Waals surface area contributed by atoms with Crippen molar-refractivity contribution in [1.29, 1.82) is 0 Å². The molecule has 2 aliphatic rings. The van der Waals surface area contributed by atoms with Crippen LogP contribution in [0.1, 0.15) is 55.0 Å². The topological polar surface area (TPSA) is 16.1 Å². The van der Waals surface area contributed by atoms with E-state index in [2.05, 4.69) is 36.1 Å². The van der Waals surface area contributed by atoms with Crippen LogP contribution in [-0.2, 0) is 12.8 Å². The molecular weight excluding hydrogens is 340 g/mol. The van der Waals surface area contributed by atoms with Gasteiger partial charge in [-0.05, 0) is 73.5 Å². The zero-order valence-corrected chi connectivity index (χ0v) is 16.4. The molecule has 1 saturated heterocycles. The molecule has 2 aromatic rings. The van der Waals surface area contributed by atoms with Crippen LogP contribution in [0.3, 0.4) is 0 Å². The lowest BCUT2D eigenvalue weighted by Crippen LogP contribution is -2.32. The molecule has 1 aromatic carbocycles. The Morgan fingerprint density at radius 1 is 1.04 bits per heavy atom. The number of unbranched alkanes of at least 4 members (excludes halogenated alkanes) is 1. The van der Waals surface area contributed by atoms with Gasteiger partial charge in [-0.15, -0.1) is 0 Å². The van der Waals surface area contributed by atoms with E-state index in [9.17, 15) is 0 Å². The fourth-order valence-electron chi connectivity index (χ4n) is 4.31. The fraction of sp³-hybridized carbons (Fsp3) is 0.435. The molecule has 0 amide bonds. The average molecular weight is 367 g/mol. The molecule has 0 saturated carbocycles. The van der Waals surface area contributed by atoms with Gasteiger partial charge in [-0.3, -0.25) is 4.98 Å². The third kappa shape index (κ3) is 3.58. The first-order valence-electron chi connectivity index (χ1n) is 9.93. The quantitative estimate of drug-likeness (QED) is 0.709. The maximum Gasteiger partial charge on any atom is 0.0739 e. The fourth-order valence-corrected chi connectivity index (χ4v) is 4.51. The van der Waals surface area contributed by atoms with Gasteiger partial charge >= 0.3 is 0 Å². The number of likely N-dealkylation sites (tertiary alicyclic amines) is 1. The standard InChI is InChI=1S/C23H27ClN2/c1-2-3-13-26-14-10-17(11-15-26)22-21-9-8-20(24)16-19(21)7-6-18-5-4-12-25-23(18)22/h4-5,8-9,12,16H,2-3,6-7,10-11,13-15H2,1H3. The second-order valence-corrected chi connectivity index (χ2v) is 7.92. The molecule has 1 fully saturated rings. The smallest absolute Gasteiger partial charge is 0.0739 e. The van der Waals surface area contributed by atoms with Gasteiger partial charge in [0.25, 0.3) is 0 Å². The molecule has 26 heavy (non-hydrogen) atoms. The highest BCUT2D eigenvalue weighted by atomic mass is 35.5. The Labute approximate surface area is 161 Å². The summed E-state index contributed by atoms with van der Waals surface area (Å²) in [5.74, 6) is 0. The first-order valence-corrected chi connectivity index (χ1v) is 10.3. The van der Waals surface area contributed by atoms with Crippen molar-refractivity contribution >= 4 is 17.2 Å². The zero-order chi connectivity index (χ0) is 17.9. The number of rotatable bonds is 3. The van der Waals surface area contributed by atoms with Gasteiger partial charge in [0.1, 0.15) is 0 Å². The van der Waals surface area contributed by atoms with Crippen molar-refractivity contribution < 1.29 is 0 Å². The van der Waals surface area contributed by atoms with E-state index in [1.165, 1.54) is 60.4 Å². The van der Waals surface area contributed by atoms with Gasteiger partial charge in [0.05, 0.1) is 5.69 Å². The molecule has 136 valence electrons. The molecule has 0 spiro atoms. The van der Waals surface area contributed by atoms with E-state index < -0.39 is 0 Å². The molecule has 2 heterocycles. The van der Waals surface area contributed by atoms with Crippen LogP contribution >= 0.6 is 11.6 Å². The van der Waals surface area contributed by atoms with Crippen molar-refractivity contribution in [2.75, 3.05) is 19.6 Å². The van der Waals surface area contributed by atoms with Crippen molar-refractivity contribution in [3.05, 3.63) is 69.5 Å². The van der Waals surface area contributed by atoms with Crippen molar-refractivity contribution in [2.24, 2.45) is 0 Å². The van der Waals surface area contributed by atoms with Crippen LogP contribution in [0.4, 0.5) is 0 Å². The third-order valence-electron chi connectivity index (χ3n) is 5.77. The summed E-state index contributed by atoms with van der Waals surface area (Å²) in [4.78, 5) is 7.44. The van der Waals surface area contributed by atoms with E-state index in [-0.39, 0.29) is 0 Å². The number of nitrogens with zero attached hydrogens (tertiary/aromatic N) is 2. The molecule has 0 N–H and O–H groups in total. The number of hydrogen-bond donors (Lipinski definition) is 0. The Kier molecular flexibility index (Phi) is 5.42. The number of piperidine rings is 1. The van der Waals surface area contributed by atoms with Gasteiger partial charge in [0.2, 0.25) is 0 Å². The van der Waals surface area contributed by atoms with Crippen molar-refractivity contribution in [3.8, 4) is 0 Å². The predicted molar refractivity (Wildman–Crippen MR) is 110 cm³/mol. The molecular formula is C23H27ClN2. The highest BCUT2D eigenvalue weighted by Crippen LogP contribution is 2.38. The first kappa shape index (κ1) is 17.8. The number of benzene rings is 1. The minimum absolute atomic E-state index is 0.835. The number of halogens is 1. The first-order chi connectivity index (χ1) is 12.8. The van der Waals surface area contributed by atoms with E-state index in [1.807, 2.05) is 12.3 Å². The SMILES string of the molecule is CCCCN1CCC(=C2c3ccc(Cl)cc3CCc3cccnc32)CC1. The molecule has 0 unspecified atom stereocenters. The van der Waals surface area contributed by atoms with Crippen LogP contribution in [0, 0.1) is 0 Å². The van der Waals surface area contributed by atoms with E-state index in [4.69, 9.17) is 16.6 Å². The molecule has 1 aliphatic heterocycles. The molecule has 1 aliphatic carbocycles. The number of fused-ring (bicyclic) bond motifs is 2. The Bertz CT molecular complexity index is 815. The summed E-state index contributed by atoms with van der Waals surface area (Å²) in [6, 6.07) is 10.7. The molecule has 4 rings (SSSR count). The maximum absolute atomic E-state index is 6.30. The summed E-state index contributed by atoms with van der Waals surface area (Å²) in [6.45, 7) is 5.85. The monoisotopic (exact) mass is 366 g/mol. The molecule has 3 heteroatoms. The third-order valence-corrected chi connectivity index (χ3v) is 6.00. The van der Waals surface area contributed by atoms with Crippen LogP contribution in [0.15, 0.2) is 42.1 Å². The van der Waals surface area contributed by atoms with Crippen LogP contribution in [0.2, 0.25) is 5.02 Å². The number of hydrogen-bond acceptors (Lipinski definition) is 2. The average Bonchev–Trinajstić information content (AvgIpc) is 2.83. The molecule has 0 atom stereocenters. The van der Waals surface area contributed by atoms with Crippen LogP contribution < -0.4 is 0 Å². The van der Waals surface area contributed by atoms with Gasteiger partial charge in [-0.1, -0.05) is 42.7 Å². The maximum atomic E-state index is 6.30. The number of aryl methyl sites for hydroxylation is 2. The minimum atomic E-state index is 0.835. The molecule has 0 bridgehead atoms. The van der Waals surface area contributed by atoms with E-state index in [0.717, 1.165) is 30.7 Å². The Balaban J connectivity index is 1.75. The summed E-state index contributed by atoms with van der Waals surface area (Å²) >= 11 is 6.30. The second-order valence-electron chi connectivity index (χ2n) is 7.49. The second kappa shape index (κ2) is 7.94. The van der Waals surface area contributed by atoms with E-state index in [1.54, 1.807) is 5.57 Å². The summed E-state index contributed by atoms with van der Waals surface area (Å²) in [5.41, 5.74) is 8.25. The highest BCUT2D eigenvalue weighted by Gasteiger charge is 2.24. The van der Waals surface area contributed by atoms with Crippen LogP contribution in [-0.4, -0.2) is 29.5 Å². The predicted octanol–water partition coefficient (Wildman–Crippen LogP) is 5.53. The van der Waals surface area contributed by atoms with Gasteiger partial charge in [0.15, 0.2) is 0 Å². The summed E-state index contributed by atoms with van der Waals surface area (Å²) < 4.78 is 0. The van der Waals surface area contributed by atoms with E-state index in [0.29, 0.717) is 0 Å². The largest absolute Gasteiger partial charge is 0.303 e. The van der Waals surface area contributed by atoms with Gasteiger partial charge < -0.3 is 4.90 Å². The van der Waals surface area contributed by atoms with Gasteiger partial charge in [-0.2, -0.15) is 0 Å². The van der Waals surface area contributed by atoms with Crippen molar-refractivity contribution in [2.45, 2.75) is 45.4 Å². The summed E-state index contributed by atoms with van der Waals surface area (Å²) in [7, 11) is 0. The van der Waals surface area contributed by atoms with Crippen molar-refractivity contribution in [1.82, 2.24) is 9.88 Å². The van der Waals surface area contributed by atoms with E-state index >= 15 is 0 Å². The lowest BCUT2D eigenvalue weighted by molar-refractivity contribution is 0.253. The Morgan fingerprint density at radius 3 is 2.65 bits per heavy atom. The number of aromatic nitrogens is 1. The van der Waals surface area contributed by atoms with Gasteiger partial charge in [-0.25, -0.2) is 0 Å². The van der Waals surface area contributed by atoms with Gasteiger partial charge in [0, 0.05) is 29.9 Å². The lowest BCUT2D eigenvalue weighted by Gasteiger charge is -2.30. The van der Waals surface area contributed by atoms with Crippen molar-refractivity contribution in [3.63, 3.8) is 0 Å². The summed E-state index contributed by atoms with van der Waals surface area (Å²) in [6.07, 6.45) is 8.89. The molecule has 1 aromatic heterocycles. The molecule has 0 radical (unpaired) electrons. The minimum Gasteiger partial charge on any atom is -0.303 e. The Hall–Kier alpha value is -1.64. The number of pyridine rings is 1. The summed E-state index contributed by atoms with van der Waals surface area (Å²) in [5, 5.41) is 0.835. The normalized spacial score (nSPS) is 17.6. The zero-order valence-electron chi connectivity index (χ0n) is 15.6. The van der Waals surface area contributed by atoms with Crippen LogP contribution in [0.5, 0.6) is 0 Å². The van der Waals surface area contributed by atoms with Crippen LogP contribution in [0.25, 0.3) is 5.57 Å².